The van der Waals surface area contributed by atoms with Gasteiger partial charge in [-0.05, 0) is 37.5 Å². The van der Waals surface area contributed by atoms with Crippen molar-refractivity contribution in [3.8, 4) is 11.1 Å². The molecule has 2 aliphatic rings. The lowest BCUT2D eigenvalue weighted by Crippen LogP contribution is -2.51. The van der Waals surface area contributed by atoms with Gasteiger partial charge in [-0.2, -0.15) is 0 Å². The highest BCUT2D eigenvalue weighted by Crippen LogP contribution is 2.42. The molecule has 0 amide bonds. The van der Waals surface area contributed by atoms with Crippen molar-refractivity contribution in [3.63, 3.8) is 0 Å². The second-order valence-corrected chi connectivity index (χ2v) is 7.95. The van der Waals surface area contributed by atoms with Gasteiger partial charge >= 0.3 is 0 Å². The molecule has 3 aromatic heterocycles. The van der Waals surface area contributed by atoms with Crippen LogP contribution in [0.2, 0.25) is 0 Å². The standard InChI is InChI=1S/C20H25N7O/c1-13-17(22)20(12-28-13)3-7-26(8-4-20)19-25-11-15(18-24-6-9-27(18)19)14-2-5-23-16(21)10-14/h2,5-6,9-11,13,17H,3-4,7-8,12,22H2,1H3,(H2,21,23)/t13-,17?/m0/s1. The Kier molecular flexibility index (Phi) is 3.99. The number of ether oxygens (including phenoxy) is 1. The van der Waals surface area contributed by atoms with Crippen molar-refractivity contribution in [2.24, 2.45) is 11.1 Å². The first-order chi connectivity index (χ1) is 13.6. The van der Waals surface area contributed by atoms with Gasteiger partial charge in [-0.1, -0.05) is 0 Å². The van der Waals surface area contributed by atoms with E-state index in [0.717, 1.165) is 55.3 Å². The van der Waals surface area contributed by atoms with Crippen molar-refractivity contribution in [1.82, 2.24) is 19.4 Å². The van der Waals surface area contributed by atoms with Crippen LogP contribution in [0.3, 0.4) is 0 Å². The minimum absolute atomic E-state index is 0.0957. The summed E-state index contributed by atoms with van der Waals surface area (Å²) in [5.41, 5.74) is 15.2. The zero-order chi connectivity index (χ0) is 19.3. The summed E-state index contributed by atoms with van der Waals surface area (Å²) < 4.78 is 7.90. The predicted octanol–water partition coefficient (Wildman–Crippen LogP) is 1.71. The molecule has 0 saturated carbocycles. The molecule has 4 N–H and O–H groups in total. The largest absolute Gasteiger partial charge is 0.384 e. The fraction of sp³-hybridized carbons (Fsp3) is 0.450. The molecule has 2 aliphatic heterocycles. The SMILES string of the molecule is C[C@@H]1OCC2(CCN(c3ncc(-c4ccnc(N)c4)c4nccn34)CC2)C1N. The molecule has 0 aliphatic carbocycles. The van der Waals surface area contributed by atoms with Gasteiger partial charge in [-0.3, -0.25) is 4.40 Å². The van der Waals surface area contributed by atoms with Gasteiger partial charge in [0.15, 0.2) is 0 Å². The van der Waals surface area contributed by atoms with Gasteiger partial charge in [-0.15, -0.1) is 0 Å². The molecule has 2 fully saturated rings. The molecule has 2 atom stereocenters. The minimum Gasteiger partial charge on any atom is -0.384 e. The third-order valence-corrected chi connectivity index (χ3v) is 6.39. The summed E-state index contributed by atoms with van der Waals surface area (Å²) in [6, 6.07) is 3.88. The first-order valence-electron chi connectivity index (χ1n) is 9.73. The van der Waals surface area contributed by atoms with E-state index in [9.17, 15) is 0 Å². The maximum atomic E-state index is 6.45. The van der Waals surface area contributed by atoms with E-state index in [4.69, 9.17) is 21.2 Å². The monoisotopic (exact) mass is 379 g/mol. The van der Waals surface area contributed by atoms with Gasteiger partial charge in [-0.25, -0.2) is 15.0 Å². The summed E-state index contributed by atoms with van der Waals surface area (Å²) in [7, 11) is 0. The van der Waals surface area contributed by atoms with E-state index in [1.54, 1.807) is 6.20 Å². The van der Waals surface area contributed by atoms with E-state index in [-0.39, 0.29) is 17.6 Å². The van der Waals surface area contributed by atoms with E-state index in [2.05, 4.69) is 26.2 Å². The van der Waals surface area contributed by atoms with Crippen LogP contribution >= 0.6 is 0 Å². The molecule has 1 spiro atoms. The van der Waals surface area contributed by atoms with Gasteiger partial charge in [0, 0.05) is 54.9 Å². The Balaban J connectivity index is 1.45. The second-order valence-electron chi connectivity index (χ2n) is 7.95. The number of rotatable bonds is 2. The van der Waals surface area contributed by atoms with Crippen LogP contribution in [-0.4, -0.2) is 51.2 Å². The summed E-state index contributed by atoms with van der Waals surface area (Å²) in [6.45, 7) is 4.66. The van der Waals surface area contributed by atoms with Crippen LogP contribution in [0, 0.1) is 5.41 Å². The first kappa shape index (κ1) is 17.4. The Morgan fingerprint density at radius 2 is 2.00 bits per heavy atom. The number of nitrogens with two attached hydrogens (primary N) is 2. The average Bonchev–Trinajstić information content (AvgIpc) is 3.30. The number of fused-ring (bicyclic) bond motifs is 1. The van der Waals surface area contributed by atoms with Crippen LogP contribution in [0.25, 0.3) is 16.8 Å². The molecule has 8 heteroatoms. The normalized spacial score (nSPS) is 24.3. The molecule has 0 aromatic carbocycles. The maximum absolute atomic E-state index is 6.45. The molecule has 1 unspecified atom stereocenters. The predicted molar refractivity (Wildman–Crippen MR) is 108 cm³/mol. The van der Waals surface area contributed by atoms with Crippen molar-refractivity contribution < 1.29 is 4.74 Å². The van der Waals surface area contributed by atoms with Gasteiger partial charge in [0.05, 0.1) is 12.7 Å². The van der Waals surface area contributed by atoms with E-state index in [0.29, 0.717) is 5.82 Å². The number of nitrogen functional groups attached to an aromatic ring is 1. The number of hydrogen-bond acceptors (Lipinski definition) is 7. The summed E-state index contributed by atoms with van der Waals surface area (Å²) in [5.74, 6) is 1.39. The Labute approximate surface area is 163 Å². The Hall–Kier alpha value is -2.71. The second kappa shape index (κ2) is 6.42. The molecule has 5 rings (SSSR count). The number of pyridine rings is 1. The highest BCUT2D eigenvalue weighted by molar-refractivity contribution is 5.79. The zero-order valence-electron chi connectivity index (χ0n) is 16.0. The Bertz CT molecular complexity index is 1010. The lowest BCUT2D eigenvalue weighted by Gasteiger charge is -2.41. The quantitative estimate of drug-likeness (QED) is 0.698. The lowest BCUT2D eigenvalue weighted by molar-refractivity contribution is 0.0973. The highest BCUT2D eigenvalue weighted by Gasteiger charge is 2.47. The summed E-state index contributed by atoms with van der Waals surface area (Å²) in [6.07, 6.45) is 9.51. The average molecular weight is 379 g/mol. The first-order valence-corrected chi connectivity index (χ1v) is 9.73. The van der Waals surface area contributed by atoms with Crippen LogP contribution in [0.4, 0.5) is 11.8 Å². The smallest absolute Gasteiger partial charge is 0.211 e. The van der Waals surface area contributed by atoms with Gasteiger partial charge in [0.25, 0.3) is 0 Å². The molecule has 28 heavy (non-hydrogen) atoms. The third kappa shape index (κ3) is 2.63. The fourth-order valence-electron chi connectivity index (χ4n) is 4.58. The molecule has 0 radical (unpaired) electrons. The summed E-state index contributed by atoms with van der Waals surface area (Å²) in [5, 5.41) is 0. The lowest BCUT2D eigenvalue weighted by atomic mass is 9.73. The van der Waals surface area contributed by atoms with Crippen LogP contribution in [0.1, 0.15) is 19.8 Å². The van der Waals surface area contributed by atoms with Crippen LogP contribution in [0.5, 0.6) is 0 Å². The number of nitrogens with zero attached hydrogens (tertiary/aromatic N) is 5. The number of piperidine rings is 1. The molecule has 146 valence electrons. The van der Waals surface area contributed by atoms with Crippen LogP contribution in [0.15, 0.2) is 36.9 Å². The Morgan fingerprint density at radius 1 is 1.18 bits per heavy atom. The van der Waals surface area contributed by atoms with Crippen molar-refractivity contribution in [2.75, 3.05) is 30.3 Å². The maximum Gasteiger partial charge on any atom is 0.211 e. The number of hydrogen-bond donors (Lipinski definition) is 2. The zero-order valence-corrected chi connectivity index (χ0v) is 16.0. The Morgan fingerprint density at radius 3 is 2.71 bits per heavy atom. The summed E-state index contributed by atoms with van der Waals surface area (Å²) >= 11 is 0. The van der Waals surface area contributed by atoms with E-state index < -0.39 is 0 Å². The number of anilines is 2. The minimum atomic E-state index is 0.0957. The molecule has 0 bridgehead atoms. The fourth-order valence-corrected chi connectivity index (χ4v) is 4.58. The van der Waals surface area contributed by atoms with Crippen molar-refractivity contribution in [2.45, 2.75) is 31.9 Å². The number of aromatic nitrogens is 4. The van der Waals surface area contributed by atoms with E-state index in [1.165, 1.54) is 0 Å². The van der Waals surface area contributed by atoms with Crippen molar-refractivity contribution in [1.29, 1.82) is 0 Å². The molecule has 5 heterocycles. The third-order valence-electron chi connectivity index (χ3n) is 6.39. The van der Waals surface area contributed by atoms with E-state index >= 15 is 0 Å². The van der Waals surface area contributed by atoms with Crippen LogP contribution < -0.4 is 16.4 Å². The van der Waals surface area contributed by atoms with Gasteiger partial charge in [0.1, 0.15) is 11.5 Å². The van der Waals surface area contributed by atoms with Gasteiger partial charge < -0.3 is 21.1 Å². The number of imidazole rings is 1. The molecular formula is C20H25N7O. The topological polar surface area (TPSA) is 108 Å². The van der Waals surface area contributed by atoms with Crippen molar-refractivity contribution >= 4 is 17.4 Å². The molecular weight excluding hydrogens is 354 g/mol. The van der Waals surface area contributed by atoms with E-state index in [1.807, 2.05) is 30.7 Å². The molecule has 2 saturated heterocycles. The van der Waals surface area contributed by atoms with Crippen molar-refractivity contribution in [3.05, 3.63) is 36.9 Å². The molecule has 8 nitrogen and oxygen atoms in total. The summed E-state index contributed by atoms with van der Waals surface area (Å²) in [4.78, 5) is 15.7. The highest BCUT2D eigenvalue weighted by atomic mass is 16.5. The van der Waals surface area contributed by atoms with Crippen LogP contribution in [-0.2, 0) is 4.74 Å². The molecule has 3 aromatic rings. The van der Waals surface area contributed by atoms with Gasteiger partial charge in [0.2, 0.25) is 5.95 Å².